The van der Waals surface area contributed by atoms with Gasteiger partial charge in [0.1, 0.15) is 0 Å². The highest BCUT2D eigenvalue weighted by Gasteiger charge is 1.98. The summed E-state index contributed by atoms with van der Waals surface area (Å²) in [5.74, 6) is 0.821. The molecule has 0 aliphatic carbocycles. The van der Waals surface area contributed by atoms with E-state index in [1.165, 1.54) is 5.56 Å². The maximum absolute atomic E-state index is 5.95. The van der Waals surface area contributed by atoms with Gasteiger partial charge in [-0.3, -0.25) is 4.99 Å². The van der Waals surface area contributed by atoms with Crippen LogP contribution in [-0.2, 0) is 11.2 Å². The van der Waals surface area contributed by atoms with Crippen LogP contribution in [0.4, 0.5) is 0 Å². The van der Waals surface area contributed by atoms with Crippen molar-refractivity contribution >= 4 is 41.5 Å². The van der Waals surface area contributed by atoms with Gasteiger partial charge in [0.15, 0.2) is 5.96 Å². The van der Waals surface area contributed by atoms with Crippen molar-refractivity contribution in [1.29, 1.82) is 0 Å². The van der Waals surface area contributed by atoms with Crippen molar-refractivity contribution in [2.75, 3.05) is 33.4 Å². The van der Waals surface area contributed by atoms with Crippen molar-refractivity contribution in [1.82, 2.24) is 10.6 Å². The van der Waals surface area contributed by atoms with Crippen LogP contribution in [0.1, 0.15) is 12.5 Å². The van der Waals surface area contributed by atoms with E-state index in [4.69, 9.17) is 16.3 Å². The lowest BCUT2D eigenvalue weighted by molar-refractivity contribution is 0.208. The molecule has 0 aromatic heterocycles. The Morgan fingerprint density at radius 2 is 2.15 bits per heavy atom. The van der Waals surface area contributed by atoms with Crippen molar-refractivity contribution in [2.45, 2.75) is 13.3 Å². The minimum absolute atomic E-state index is 0. The third kappa shape index (κ3) is 8.60. The highest BCUT2D eigenvalue weighted by Crippen LogP contribution is 2.10. The van der Waals surface area contributed by atoms with Crippen molar-refractivity contribution in [3.8, 4) is 0 Å². The molecule has 0 amide bonds. The average molecular weight is 412 g/mol. The Bertz CT molecular complexity index is 402. The van der Waals surface area contributed by atoms with Crippen molar-refractivity contribution in [3.63, 3.8) is 0 Å². The SMILES string of the molecule is CCNC(=NCCOC)NCCc1cccc(Cl)c1.I. The fraction of sp³-hybridized carbons (Fsp3) is 0.500. The first-order valence-electron chi connectivity index (χ1n) is 6.51. The quantitative estimate of drug-likeness (QED) is 0.314. The summed E-state index contributed by atoms with van der Waals surface area (Å²) in [5, 5.41) is 7.26. The van der Waals surface area contributed by atoms with E-state index in [9.17, 15) is 0 Å². The molecule has 20 heavy (non-hydrogen) atoms. The second-order valence-corrected chi connectivity index (χ2v) is 4.50. The fourth-order valence-corrected chi connectivity index (χ4v) is 1.82. The molecule has 0 aliphatic rings. The number of hydrogen-bond acceptors (Lipinski definition) is 2. The van der Waals surface area contributed by atoms with Gasteiger partial charge >= 0.3 is 0 Å². The number of guanidine groups is 1. The highest BCUT2D eigenvalue weighted by molar-refractivity contribution is 14.0. The third-order valence-electron chi connectivity index (χ3n) is 2.50. The molecule has 0 saturated heterocycles. The zero-order chi connectivity index (χ0) is 13.9. The van der Waals surface area contributed by atoms with Crippen LogP contribution in [-0.4, -0.2) is 39.3 Å². The van der Waals surface area contributed by atoms with Crippen LogP contribution < -0.4 is 10.6 Å². The number of halogens is 2. The summed E-state index contributed by atoms with van der Waals surface area (Å²) < 4.78 is 4.98. The molecule has 2 N–H and O–H groups in total. The number of benzene rings is 1. The molecular weight excluding hydrogens is 389 g/mol. The summed E-state index contributed by atoms with van der Waals surface area (Å²) >= 11 is 5.95. The average Bonchev–Trinajstić information content (AvgIpc) is 2.39. The van der Waals surface area contributed by atoms with E-state index in [1.54, 1.807) is 7.11 Å². The maximum atomic E-state index is 5.95. The Labute approximate surface area is 143 Å². The molecule has 0 bridgehead atoms. The first-order valence-corrected chi connectivity index (χ1v) is 6.89. The summed E-state index contributed by atoms with van der Waals surface area (Å²) in [6.07, 6.45) is 0.912. The lowest BCUT2D eigenvalue weighted by Crippen LogP contribution is -2.38. The fourth-order valence-electron chi connectivity index (χ4n) is 1.61. The Morgan fingerprint density at radius 3 is 2.80 bits per heavy atom. The van der Waals surface area contributed by atoms with Gasteiger partial charge in [-0.1, -0.05) is 23.7 Å². The van der Waals surface area contributed by atoms with Gasteiger partial charge in [-0.05, 0) is 31.0 Å². The molecule has 0 spiro atoms. The van der Waals surface area contributed by atoms with Crippen molar-refractivity contribution in [3.05, 3.63) is 34.9 Å². The van der Waals surface area contributed by atoms with Gasteiger partial charge in [-0.2, -0.15) is 0 Å². The summed E-state index contributed by atoms with van der Waals surface area (Å²) in [4.78, 5) is 4.40. The molecule has 114 valence electrons. The molecule has 0 saturated carbocycles. The molecule has 0 fully saturated rings. The van der Waals surface area contributed by atoms with E-state index >= 15 is 0 Å². The van der Waals surface area contributed by atoms with Crippen LogP contribution in [0.3, 0.4) is 0 Å². The minimum atomic E-state index is 0. The van der Waals surface area contributed by atoms with E-state index in [2.05, 4.69) is 21.7 Å². The minimum Gasteiger partial charge on any atom is -0.383 e. The molecule has 1 aromatic rings. The summed E-state index contributed by atoms with van der Waals surface area (Å²) in [7, 11) is 1.68. The monoisotopic (exact) mass is 411 g/mol. The summed E-state index contributed by atoms with van der Waals surface area (Å²) in [6.45, 7) is 4.99. The molecule has 0 unspecified atom stereocenters. The normalized spacial score (nSPS) is 10.8. The number of ether oxygens (including phenoxy) is 1. The van der Waals surface area contributed by atoms with Gasteiger partial charge in [0.05, 0.1) is 13.2 Å². The second kappa shape index (κ2) is 12.2. The molecule has 1 aromatic carbocycles. The van der Waals surface area contributed by atoms with Gasteiger partial charge in [0, 0.05) is 25.2 Å². The Kier molecular flexibility index (Phi) is 11.9. The highest BCUT2D eigenvalue weighted by atomic mass is 127. The van der Waals surface area contributed by atoms with Crippen LogP contribution in [0.15, 0.2) is 29.3 Å². The second-order valence-electron chi connectivity index (χ2n) is 4.06. The van der Waals surface area contributed by atoms with Gasteiger partial charge in [0.2, 0.25) is 0 Å². The van der Waals surface area contributed by atoms with Crippen LogP contribution >= 0.6 is 35.6 Å². The molecule has 1 rings (SSSR count). The van der Waals surface area contributed by atoms with Crippen molar-refractivity contribution < 1.29 is 4.74 Å². The van der Waals surface area contributed by atoms with E-state index < -0.39 is 0 Å². The van der Waals surface area contributed by atoms with E-state index in [1.807, 2.05) is 25.1 Å². The van der Waals surface area contributed by atoms with Crippen LogP contribution in [0.2, 0.25) is 5.02 Å². The van der Waals surface area contributed by atoms with Gasteiger partial charge < -0.3 is 15.4 Å². The lowest BCUT2D eigenvalue weighted by atomic mass is 10.1. The zero-order valence-electron chi connectivity index (χ0n) is 12.0. The summed E-state index contributed by atoms with van der Waals surface area (Å²) in [6, 6.07) is 7.91. The van der Waals surface area contributed by atoms with Crippen LogP contribution in [0.5, 0.6) is 0 Å². The predicted octanol–water partition coefficient (Wildman–Crippen LogP) is 2.70. The van der Waals surface area contributed by atoms with Gasteiger partial charge in [-0.25, -0.2) is 0 Å². The molecule has 0 heterocycles. The standard InChI is InChI=1S/C14H22ClN3O.HI/c1-3-16-14(18-9-10-19-2)17-8-7-12-5-4-6-13(15)11-12;/h4-6,11H,3,7-10H2,1-2H3,(H2,16,17,18);1H. The Balaban J connectivity index is 0.00000361. The smallest absolute Gasteiger partial charge is 0.191 e. The van der Waals surface area contributed by atoms with Gasteiger partial charge in [-0.15, -0.1) is 24.0 Å². The third-order valence-corrected chi connectivity index (χ3v) is 2.74. The van der Waals surface area contributed by atoms with Crippen LogP contribution in [0, 0.1) is 0 Å². The van der Waals surface area contributed by atoms with E-state index in [0.717, 1.165) is 30.5 Å². The number of hydrogen-bond donors (Lipinski definition) is 2. The Morgan fingerprint density at radius 1 is 1.35 bits per heavy atom. The molecule has 0 aliphatic heterocycles. The number of methoxy groups -OCH3 is 1. The topological polar surface area (TPSA) is 45.7 Å². The molecule has 6 heteroatoms. The number of nitrogens with one attached hydrogen (secondary N) is 2. The number of rotatable bonds is 7. The molecule has 0 atom stereocenters. The zero-order valence-corrected chi connectivity index (χ0v) is 15.1. The molecular formula is C14H23ClIN3O. The predicted molar refractivity (Wildman–Crippen MR) is 96.4 cm³/mol. The van der Waals surface area contributed by atoms with E-state index in [-0.39, 0.29) is 24.0 Å². The first kappa shape index (κ1) is 19.5. The van der Waals surface area contributed by atoms with E-state index in [0.29, 0.717) is 13.2 Å². The Hall–Kier alpha value is -0.530. The largest absolute Gasteiger partial charge is 0.383 e. The summed E-state index contributed by atoms with van der Waals surface area (Å²) in [5.41, 5.74) is 1.22. The number of nitrogens with zero attached hydrogens (tertiary/aromatic N) is 1. The molecule has 0 radical (unpaired) electrons. The number of aliphatic imine (C=N–C) groups is 1. The van der Waals surface area contributed by atoms with Crippen molar-refractivity contribution in [2.24, 2.45) is 4.99 Å². The first-order chi connectivity index (χ1) is 9.26. The van der Waals surface area contributed by atoms with Crippen LogP contribution in [0.25, 0.3) is 0 Å². The van der Waals surface area contributed by atoms with Gasteiger partial charge in [0.25, 0.3) is 0 Å². The lowest BCUT2D eigenvalue weighted by Gasteiger charge is -2.11. The molecule has 4 nitrogen and oxygen atoms in total. The maximum Gasteiger partial charge on any atom is 0.191 e.